The molecular weight excluding hydrogens is 526 g/mol. The highest BCUT2D eigenvalue weighted by atomic mass is 16.5. The lowest BCUT2D eigenvalue weighted by Crippen LogP contribution is -2.39. The third-order valence-electron chi connectivity index (χ3n) is 6.97. The minimum atomic E-state index is -0.440. The number of carbonyl (C=O) groups is 2. The van der Waals surface area contributed by atoms with E-state index in [2.05, 4.69) is 45.0 Å². The second-order valence-corrected chi connectivity index (χ2v) is 10.3. The van der Waals surface area contributed by atoms with E-state index < -0.39 is 11.8 Å². The first kappa shape index (κ1) is 28.4. The summed E-state index contributed by atoms with van der Waals surface area (Å²) in [6.45, 7) is 2.43. The van der Waals surface area contributed by atoms with Crippen molar-refractivity contribution in [2.24, 2.45) is 5.92 Å². The highest BCUT2D eigenvalue weighted by molar-refractivity contribution is 5.90. The molecule has 0 saturated carbocycles. The average Bonchev–Trinajstić information content (AvgIpc) is 3.50. The maximum Gasteiger partial charge on any atom is 0.309 e. The highest BCUT2D eigenvalue weighted by Gasteiger charge is 2.24. The van der Waals surface area contributed by atoms with Crippen LogP contribution in [-0.4, -0.2) is 38.1 Å². The standard InChI is InChI=1S/C34H33N5O3/c1-25(34(41)42-24-28-13-7-3-8-14-28)21-31(22-26-17-19-30(20-18-26)29-15-9-4-10-16-29)35-33(40)32-36-38-39(37-32)23-27-11-5-2-6-12-27/h2-20,25,31H,21-24H2,1H3,(H,35,40)/t25-,31?/m1/s1. The van der Waals surface area contributed by atoms with Crippen molar-refractivity contribution in [2.75, 3.05) is 0 Å². The van der Waals surface area contributed by atoms with E-state index in [0.29, 0.717) is 19.4 Å². The Bertz CT molecular complexity index is 1570. The number of aromatic nitrogens is 4. The van der Waals surface area contributed by atoms with Crippen LogP contribution in [0.3, 0.4) is 0 Å². The summed E-state index contributed by atoms with van der Waals surface area (Å²) >= 11 is 0. The van der Waals surface area contributed by atoms with Crippen molar-refractivity contribution < 1.29 is 14.3 Å². The number of ether oxygens (including phenoxy) is 1. The minimum absolute atomic E-state index is 0.0188. The van der Waals surface area contributed by atoms with Gasteiger partial charge in [0.05, 0.1) is 12.5 Å². The van der Waals surface area contributed by atoms with Crippen LogP contribution in [-0.2, 0) is 29.1 Å². The van der Waals surface area contributed by atoms with E-state index in [9.17, 15) is 9.59 Å². The maximum absolute atomic E-state index is 13.2. The zero-order valence-corrected chi connectivity index (χ0v) is 23.5. The Morgan fingerprint density at radius 2 is 1.36 bits per heavy atom. The lowest BCUT2D eigenvalue weighted by molar-refractivity contribution is -0.149. The van der Waals surface area contributed by atoms with Gasteiger partial charge in [-0.2, -0.15) is 4.80 Å². The van der Waals surface area contributed by atoms with Crippen LogP contribution < -0.4 is 5.32 Å². The molecule has 42 heavy (non-hydrogen) atoms. The van der Waals surface area contributed by atoms with Gasteiger partial charge in [-0.05, 0) is 45.9 Å². The smallest absolute Gasteiger partial charge is 0.309 e. The fourth-order valence-corrected chi connectivity index (χ4v) is 4.73. The van der Waals surface area contributed by atoms with Crippen molar-refractivity contribution in [2.45, 2.75) is 39.0 Å². The molecule has 5 rings (SSSR count). The fraction of sp³-hybridized carbons (Fsp3) is 0.206. The predicted molar refractivity (Wildman–Crippen MR) is 160 cm³/mol. The highest BCUT2D eigenvalue weighted by Crippen LogP contribution is 2.21. The Morgan fingerprint density at radius 3 is 2.02 bits per heavy atom. The molecule has 4 aromatic carbocycles. The topological polar surface area (TPSA) is 99.0 Å². The molecular formula is C34H33N5O3. The van der Waals surface area contributed by atoms with Crippen molar-refractivity contribution >= 4 is 11.9 Å². The zero-order chi connectivity index (χ0) is 29.1. The molecule has 1 unspecified atom stereocenters. The van der Waals surface area contributed by atoms with Crippen molar-refractivity contribution in [1.29, 1.82) is 0 Å². The van der Waals surface area contributed by atoms with Crippen LogP contribution in [0.1, 0.15) is 40.7 Å². The lowest BCUT2D eigenvalue weighted by Gasteiger charge is -2.21. The first-order chi connectivity index (χ1) is 20.5. The number of hydrogen-bond donors (Lipinski definition) is 1. The SMILES string of the molecule is C[C@H](CC(Cc1ccc(-c2ccccc2)cc1)NC(=O)c1nnn(Cc2ccccc2)n1)C(=O)OCc1ccccc1. The van der Waals surface area contributed by atoms with E-state index in [1.165, 1.54) is 4.80 Å². The largest absolute Gasteiger partial charge is 0.461 e. The Labute approximate surface area is 245 Å². The molecule has 0 bridgehead atoms. The van der Waals surface area contributed by atoms with Gasteiger partial charge in [0.2, 0.25) is 0 Å². The Kier molecular flexibility index (Phi) is 9.46. The summed E-state index contributed by atoms with van der Waals surface area (Å²) in [6.07, 6.45) is 0.910. The van der Waals surface area contributed by atoms with E-state index in [-0.39, 0.29) is 24.4 Å². The Morgan fingerprint density at radius 1 is 0.762 bits per heavy atom. The molecule has 8 nitrogen and oxygen atoms in total. The molecule has 5 aromatic rings. The molecule has 0 spiro atoms. The summed E-state index contributed by atoms with van der Waals surface area (Å²) in [5.41, 5.74) is 5.20. The van der Waals surface area contributed by atoms with Crippen LogP contribution in [0.25, 0.3) is 11.1 Å². The number of nitrogens with zero attached hydrogens (tertiary/aromatic N) is 4. The number of benzene rings is 4. The van der Waals surface area contributed by atoms with E-state index in [1.54, 1.807) is 0 Å². The van der Waals surface area contributed by atoms with Gasteiger partial charge in [0.1, 0.15) is 6.61 Å². The minimum Gasteiger partial charge on any atom is -0.461 e. The van der Waals surface area contributed by atoms with Gasteiger partial charge in [-0.15, -0.1) is 10.2 Å². The molecule has 1 heterocycles. The van der Waals surface area contributed by atoms with Gasteiger partial charge in [-0.25, -0.2) is 0 Å². The molecule has 0 radical (unpaired) electrons. The summed E-state index contributed by atoms with van der Waals surface area (Å²) in [5, 5.41) is 15.3. The maximum atomic E-state index is 13.2. The van der Waals surface area contributed by atoms with Gasteiger partial charge < -0.3 is 10.1 Å². The molecule has 1 N–H and O–H groups in total. The van der Waals surface area contributed by atoms with Crippen molar-refractivity contribution in [3.8, 4) is 11.1 Å². The summed E-state index contributed by atoms with van der Waals surface area (Å²) in [7, 11) is 0. The summed E-state index contributed by atoms with van der Waals surface area (Å²) < 4.78 is 5.57. The molecule has 1 aromatic heterocycles. The number of carbonyl (C=O) groups excluding carboxylic acids is 2. The zero-order valence-electron chi connectivity index (χ0n) is 23.5. The van der Waals surface area contributed by atoms with E-state index in [4.69, 9.17) is 4.74 Å². The molecule has 212 valence electrons. The monoisotopic (exact) mass is 559 g/mol. The molecule has 2 atom stereocenters. The number of hydrogen-bond acceptors (Lipinski definition) is 6. The number of nitrogens with one attached hydrogen (secondary N) is 1. The summed E-state index contributed by atoms with van der Waals surface area (Å²) in [4.78, 5) is 27.5. The van der Waals surface area contributed by atoms with Crippen LogP contribution in [0.5, 0.6) is 0 Å². The number of rotatable bonds is 12. The molecule has 0 saturated heterocycles. The number of tetrazole rings is 1. The van der Waals surface area contributed by atoms with E-state index >= 15 is 0 Å². The van der Waals surface area contributed by atoms with Crippen molar-refractivity contribution in [3.05, 3.63) is 138 Å². The van der Waals surface area contributed by atoms with Gasteiger partial charge in [0.25, 0.3) is 11.7 Å². The first-order valence-electron chi connectivity index (χ1n) is 14.0. The Balaban J connectivity index is 1.26. The molecule has 0 aliphatic heterocycles. The van der Waals surface area contributed by atoms with Crippen molar-refractivity contribution in [1.82, 2.24) is 25.5 Å². The second-order valence-electron chi connectivity index (χ2n) is 10.3. The van der Waals surface area contributed by atoms with Crippen LogP contribution >= 0.6 is 0 Å². The number of esters is 1. The third kappa shape index (κ3) is 7.97. The van der Waals surface area contributed by atoms with Gasteiger partial charge in [-0.3, -0.25) is 9.59 Å². The van der Waals surface area contributed by atoms with Crippen LogP contribution in [0.2, 0.25) is 0 Å². The molecule has 0 fully saturated rings. The Hall–Kier alpha value is -5.11. The molecule has 0 aliphatic carbocycles. The first-order valence-corrected chi connectivity index (χ1v) is 14.0. The predicted octanol–water partition coefficient (Wildman–Crippen LogP) is 5.50. The van der Waals surface area contributed by atoms with Gasteiger partial charge in [0.15, 0.2) is 0 Å². The normalized spacial score (nSPS) is 12.3. The van der Waals surface area contributed by atoms with Gasteiger partial charge in [-0.1, -0.05) is 122 Å². The summed E-state index contributed by atoms with van der Waals surface area (Å²) in [5.74, 6) is -1.21. The number of amides is 1. The third-order valence-corrected chi connectivity index (χ3v) is 6.97. The average molecular weight is 560 g/mol. The van der Waals surface area contributed by atoms with Gasteiger partial charge in [0, 0.05) is 6.04 Å². The van der Waals surface area contributed by atoms with Crippen LogP contribution in [0, 0.1) is 5.92 Å². The van der Waals surface area contributed by atoms with E-state index in [0.717, 1.165) is 27.8 Å². The molecule has 8 heteroatoms. The van der Waals surface area contributed by atoms with Gasteiger partial charge >= 0.3 is 5.97 Å². The van der Waals surface area contributed by atoms with E-state index in [1.807, 2.05) is 97.9 Å². The van der Waals surface area contributed by atoms with Crippen LogP contribution in [0.4, 0.5) is 0 Å². The fourth-order valence-electron chi connectivity index (χ4n) is 4.73. The van der Waals surface area contributed by atoms with Crippen LogP contribution in [0.15, 0.2) is 115 Å². The quantitative estimate of drug-likeness (QED) is 0.203. The summed E-state index contributed by atoms with van der Waals surface area (Å²) in [6, 6.07) is 37.3. The van der Waals surface area contributed by atoms with Crippen molar-refractivity contribution in [3.63, 3.8) is 0 Å². The molecule has 1 amide bonds. The molecule has 0 aliphatic rings. The lowest BCUT2D eigenvalue weighted by atomic mass is 9.95. The second kappa shape index (κ2) is 14.0.